The molecule has 4 rings (SSSR count). The standard InChI is InChI=1S/C17H23N3OS2/c21-17(16-11-15-14(23-16)3-10-22-15)20-8-6-19(7-9-20)12-13-1-4-18-5-2-13/h3,10-11,13,18H,1-2,4-9,12H2. The fourth-order valence-corrected chi connectivity index (χ4v) is 5.67. The van der Waals surface area contributed by atoms with Gasteiger partial charge in [-0.1, -0.05) is 0 Å². The van der Waals surface area contributed by atoms with Gasteiger partial charge >= 0.3 is 0 Å². The van der Waals surface area contributed by atoms with Crippen molar-refractivity contribution >= 4 is 38.0 Å². The number of rotatable bonds is 3. The van der Waals surface area contributed by atoms with E-state index in [1.165, 1.54) is 41.9 Å². The first-order valence-corrected chi connectivity index (χ1v) is 10.2. The SMILES string of the molecule is O=C(c1cc2sccc2s1)N1CCN(CC2CCNCC2)CC1. The molecular formula is C17H23N3OS2. The fraction of sp³-hybridized carbons (Fsp3) is 0.588. The molecule has 6 heteroatoms. The van der Waals surface area contributed by atoms with Crippen molar-refractivity contribution in [2.24, 2.45) is 5.92 Å². The van der Waals surface area contributed by atoms with Gasteiger partial charge in [0, 0.05) is 42.1 Å². The van der Waals surface area contributed by atoms with Gasteiger partial charge in [-0.3, -0.25) is 9.69 Å². The normalized spacial score (nSPS) is 21.1. The van der Waals surface area contributed by atoms with Gasteiger partial charge in [0.05, 0.1) is 4.88 Å². The highest BCUT2D eigenvalue weighted by atomic mass is 32.1. The molecule has 23 heavy (non-hydrogen) atoms. The first-order valence-electron chi connectivity index (χ1n) is 8.49. The molecule has 0 aromatic carbocycles. The quantitative estimate of drug-likeness (QED) is 0.925. The first-order chi connectivity index (χ1) is 11.3. The van der Waals surface area contributed by atoms with Crippen LogP contribution in [0.25, 0.3) is 9.40 Å². The van der Waals surface area contributed by atoms with Crippen LogP contribution in [-0.4, -0.2) is 61.5 Å². The van der Waals surface area contributed by atoms with Crippen molar-refractivity contribution in [3.8, 4) is 0 Å². The molecule has 124 valence electrons. The molecule has 0 aliphatic carbocycles. The zero-order chi connectivity index (χ0) is 15.6. The molecule has 2 aromatic rings. The maximum absolute atomic E-state index is 12.7. The Hall–Kier alpha value is -0.950. The number of hydrogen-bond donors (Lipinski definition) is 1. The minimum atomic E-state index is 0.222. The predicted molar refractivity (Wildman–Crippen MR) is 97.6 cm³/mol. The molecule has 0 unspecified atom stereocenters. The average Bonchev–Trinajstić information content (AvgIpc) is 3.17. The average molecular weight is 350 g/mol. The summed E-state index contributed by atoms with van der Waals surface area (Å²) in [5, 5.41) is 5.52. The Kier molecular flexibility index (Phi) is 4.66. The van der Waals surface area contributed by atoms with Gasteiger partial charge < -0.3 is 10.2 Å². The van der Waals surface area contributed by atoms with Crippen molar-refractivity contribution in [2.45, 2.75) is 12.8 Å². The van der Waals surface area contributed by atoms with Gasteiger partial charge in [-0.2, -0.15) is 0 Å². The lowest BCUT2D eigenvalue weighted by Crippen LogP contribution is -2.50. The number of piperidine rings is 1. The molecule has 1 N–H and O–H groups in total. The Morgan fingerprint density at radius 2 is 1.96 bits per heavy atom. The van der Waals surface area contributed by atoms with Gasteiger partial charge in [0.2, 0.25) is 0 Å². The number of hydrogen-bond acceptors (Lipinski definition) is 5. The monoisotopic (exact) mass is 349 g/mol. The van der Waals surface area contributed by atoms with Gasteiger partial charge in [-0.25, -0.2) is 0 Å². The molecule has 2 fully saturated rings. The molecule has 1 amide bonds. The van der Waals surface area contributed by atoms with Crippen molar-refractivity contribution in [1.29, 1.82) is 0 Å². The van der Waals surface area contributed by atoms with E-state index in [9.17, 15) is 4.79 Å². The Balaban J connectivity index is 1.31. The highest BCUT2D eigenvalue weighted by Gasteiger charge is 2.25. The third-order valence-corrected chi connectivity index (χ3v) is 7.07. The molecule has 2 saturated heterocycles. The van der Waals surface area contributed by atoms with Gasteiger partial charge in [0.15, 0.2) is 0 Å². The van der Waals surface area contributed by atoms with E-state index in [-0.39, 0.29) is 5.91 Å². The summed E-state index contributed by atoms with van der Waals surface area (Å²) in [7, 11) is 0. The van der Waals surface area contributed by atoms with E-state index in [2.05, 4.69) is 27.7 Å². The van der Waals surface area contributed by atoms with Gasteiger partial charge in [-0.05, 0) is 49.4 Å². The lowest BCUT2D eigenvalue weighted by molar-refractivity contribution is 0.0613. The Bertz CT molecular complexity index is 638. The van der Waals surface area contributed by atoms with Crippen LogP contribution in [0.15, 0.2) is 17.5 Å². The van der Waals surface area contributed by atoms with Crippen molar-refractivity contribution in [2.75, 3.05) is 45.8 Å². The Morgan fingerprint density at radius 3 is 2.70 bits per heavy atom. The largest absolute Gasteiger partial charge is 0.335 e. The number of fused-ring (bicyclic) bond motifs is 1. The van der Waals surface area contributed by atoms with Crippen LogP contribution in [0.4, 0.5) is 0 Å². The van der Waals surface area contributed by atoms with E-state index < -0.39 is 0 Å². The van der Waals surface area contributed by atoms with E-state index in [4.69, 9.17) is 0 Å². The molecule has 0 spiro atoms. The lowest BCUT2D eigenvalue weighted by Gasteiger charge is -2.37. The summed E-state index contributed by atoms with van der Waals surface area (Å²) in [5.74, 6) is 1.06. The summed E-state index contributed by atoms with van der Waals surface area (Å²) in [6.45, 7) is 7.32. The second-order valence-electron chi connectivity index (χ2n) is 6.55. The highest BCUT2D eigenvalue weighted by molar-refractivity contribution is 7.27. The highest BCUT2D eigenvalue weighted by Crippen LogP contribution is 2.30. The maximum atomic E-state index is 12.7. The van der Waals surface area contributed by atoms with Gasteiger partial charge in [0.25, 0.3) is 5.91 Å². The topological polar surface area (TPSA) is 35.6 Å². The number of piperazine rings is 1. The number of carbonyl (C=O) groups excluding carboxylic acids is 1. The van der Waals surface area contributed by atoms with Crippen LogP contribution in [0.5, 0.6) is 0 Å². The third-order valence-electron chi connectivity index (χ3n) is 4.98. The molecule has 0 bridgehead atoms. The van der Waals surface area contributed by atoms with Crippen LogP contribution < -0.4 is 5.32 Å². The minimum Gasteiger partial charge on any atom is -0.335 e. The summed E-state index contributed by atoms with van der Waals surface area (Å²) in [6, 6.07) is 4.17. The third kappa shape index (κ3) is 3.45. The van der Waals surface area contributed by atoms with Crippen molar-refractivity contribution in [3.05, 3.63) is 22.4 Å². The van der Waals surface area contributed by atoms with Crippen LogP contribution in [0.1, 0.15) is 22.5 Å². The molecule has 0 saturated carbocycles. The molecule has 2 aromatic heterocycles. The molecule has 4 heterocycles. The summed E-state index contributed by atoms with van der Waals surface area (Å²) in [5.41, 5.74) is 0. The lowest BCUT2D eigenvalue weighted by atomic mass is 9.97. The van der Waals surface area contributed by atoms with Gasteiger partial charge in [0.1, 0.15) is 0 Å². The number of nitrogens with zero attached hydrogens (tertiary/aromatic N) is 2. The van der Waals surface area contributed by atoms with Crippen molar-refractivity contribution in [3.63, 3.8) is 0 Å². The van der Waals surface area contributed by atoms with Gasteiger partial charge in [-0.15, -0.1) is 22.7 Å². The molecule has 0 atom stereocenters. The Morgan fingerprint density at radius 1 is 1.17 bits per heavy atom. The molecule has 2 aliphatic heterocycles. The first kappa shape index (κ1) is 15.6. The fourth-order valence-electron chi connectivity index (χ4n) is 3.59. The zero-order valence-electron chi connectivity index (χ0n) is 13.3. The number of thiophene rings is 2. The molecule has 0 radical (unpaired) electrons. The van der Waals surface area contributed by atoms with Crippen LogP contribution >= 0.6 is 22.7 Å². The maximum Gasteiger partial charge on any atom is 0.264 e. The van der Waals surface area contributed by atoms with E-state index in [1.54, 1.807) is 22.7 Å². The smallest absolute Gasteiger partial charge is 0.264 e. The number of carbonyl (C=O) groups is 1. The summed E-state index contributed by atoms with van der Waals surface area (Å²) >= 11 is 3.35. The second kappa shape index (κ2) is 6.89. The minimum absolute atomic E-state index is 0.222. The van der Waals surface area contributed by atoms with Crippen molar-refractivity contribution < 1.29 is 4.79 Å². The zero-order valence-corrected chi connectivity index (χ0v) is 14.9. The number of amides is 1. The van der Waals surface area contributed by atoms with Crippen LogP contribution in [-0.2, 0) is 0 Å². The summed E-state index contributed by atoms with van der Waals surface area (Å²) in [6.07, 6.45) is 2.59. The van der Waals surface area contributed by atoms with E-state index in [1.807, 2.05) is 4.90 Å². The second-order valence-corrected chi connectivity index (χ2v) is 8.58. The number of nitrogens with one attached hydrogen (secondary N) is 1. The molecular weight excluding hydrogens is 326 g/mol. The summed E-state index contributed by atoms with van der Waals surface area (Å²) in [4.78, 5) is 18.2. The van der Waals surface area contributed by atoms with E-state index >= 15 is 0 Å². The van der Waals surface area contributed by atoms with E-state index in [0.29, 0.717) is 0 Å². The predicted octanol–water partition coefficient (Wildman–Crippen LogP) is 2.72. The van der Waals surface area contributed by atoms with Crippen LogP contribution in [0.3, 0.4) is 0 Å². The van der Waals surface area contributed by atoms with Crippen molar-refractivity contribution in [1.82, 2.24) is 15.1 Å². The summed E-state index contributed by atoms with van der Waals surface area (Å²) < 4.78 is 2.48. The van der Waals surface area contributed by atoms with E-state index in [0.717, 1.165) is 37.0 Å². The Labute approximate surface area is 145 Å². The van der Waals surface area contributed by atoms with Crippen LogP contribution in [0, 0.1) is 5.92 Å². The molecule has 4 nitrogen and oxygen atoms in total. The molecule has 2 aliphatic rings. The van der Waals surface area contributed by atoms with Crippen LogP contribution in [0.2, 0.25) is 0 Å².